The van der Waals surface area contributed by atoms with E-state index < -0.39 is 0 Å². The summed E-state index contributed by atoms with van der Waals surface area (Å²) in [6.45, 7) is 1.88. The van der Waals surface area contributed by atoms with Crippen LogP contribution < -0.4 is 0 Å². The third-order valence-corrected chi connectivity index (χ3v) is 4.03. The summed E-state index contributed by atoms with van der Waals surface area (Å²) < 4.78 is 0.697. The van der Waals surface area contributed by atoms with Gasteiger partial charge in [-0.3, -0.25) is 0 Å². The van der Waals surface area contributed by atoms with Gasteiger partial charge in [0, 0.05) is 25.4 Å². The van der Waals surface area contributed by atoms with Crippen LogP contribution >= 0.6 is 24.0 Å². The minimum absolute atomic E-state index is 0.110. The molecule has 0 aliphatic rings. The number of phenolic OH excluding ortho intramolecular Hbond substituents is 1. The van der Waals surface area contributed by atoms with Crippen LogP contribution in [0.25, 0.3) is 0 Å². The number of aromatic hydroxyl groups is 1. The van der Waals surface area contributed by atoms with E-state index in [0.29, 0.717) is 21.3 Å². The van der Waals surface area contributed by atoms with Crippen LogP contribution in [-0.2, 0) is 0 Å². The molecular weight excluding hydrogens is 268 g/mol. The van der Waals surface area contributed by atoms with Crippen LogP contribution in [0.3, 0.4) is 0 Å². The zero-order valence-corrected chi connectivity index (χ0v) is 12.2. The van der Waals surface area contributed by atoms with Crippen LogP contribution in [0, 0.1) is 6.92 Å². The first-order valence-electron chi connectivity index (χ1n) is 5.30. The van der Waals surface area contributed by atoms with Gasteiger partial charge in [0.25, 0.3) is 0 Å². The van der Waals surface area contributed by atoms with E-state index in [2.05, 4.69) is 5.16 Å². The van der Waals surface area contributed by atoms with E-state index >= 15 is 0 Å². The Balaban J connectivity index is 2.82. The van der Waals surface area contributed by atoms with Gasteiger partial charge in [-0.15, -0.1) is 0 Å². The maximum Gasteiger partial charge on any atom is 0.136 e. The fraction of sp³-hybridized carbons (Fsp3) is 0.333. The summed E-state index contributed by atoms with van der Waals surface area (Å²) in [4.78, 5) is 1.81. The van der Waals surface area contributed by atoms with Crippen molar-refractivity contribution in [1.82, 2.24) is 4.90 Å². The number of hydrogen-bond donors (Lipinski definition) is 2. The second kappa shape index (κ2) is 6.61. The molecule has 0 atom stereocenters. The minimum atomic E-state index is 0.110. The summed E-state index contributed by atoms with van der Waals surface area (Å²) in [5, 5.41) is 22.1. The lowest BCUT2D eigenvalue weighted by molar-refractivity contribution is 0.319. The molecule has 0 saturated carbocycles. The van der Waals surface area contributed by atoms with Crippen molar-refractivity contribution in [3.05, 3.63) is 29.3 Å². The zero-order chi connectivity index (χ0) is 13.7. The standard InChI is InChI=1S/C12H16N2O2S2/c1-8-4-5-9(11(15)6-8)10(13-16)7-18-12(17)14(2)3/h4-6,15-16H,7H2,1-3H3. The molecule has 0 aliphatic carbocycles. The molecule has 1 rings (SSSR count). The first kappa shape index (κ1) is 14.8. The summed E-state index contributed by atoms with van der Waals surface area (Å²) in [6, 6.07) is 5.23. The molecule has 0 heterocycles. The number of hydrogen-bond acceptors (Lipinski definition) is 5. The SMILES string of the molecule is Cc1ccc(C(CSC(=S)N(C)C)=NO)c(O)c1. The number of thiocarbonyl (C=S) groups is 1. The van der Waals surface area contributed by atoms with Gasteiger partial charge in [-0.2, -0.15) is 0 Å². The minimum Gasteiger partial charge on any atom is -0.507 e. The van der Waals surface area contributed by atoms with E-state index in [-0.39, 0.29) is 5.75 Å². The lowest BCUT2D eigenvalue weighted by Gasteiger charge is -2.13. The Labute approximate surface area is 116 Å². The average molecular weight is 284 g/mol. The monoisotopic (exact) mass is 284 g/mol. The Bertz CT molecular complexity index is 473. The highest BCUT2D eigenvalue weighted by atomic mass is 32.2. The molecule has 2 N–H and O–H groups in total. The Hall–Kier alpha value is -1.27. The molecule has 6 heteroatoms. The van der Waals surface area contributed by atoms with Gasteiger partial charge < -0.3 is 15.2 Å². The van der Waals surface area contributed by atoms with E-state index in [4.69, 9.17) is 17.4 Å². The zero-order valence-electron chi connectivity index (χ0n) is 10.5. The molecule has 0 aromatic heterocycles. The van der Waals surface area contributed by atoms with Crippen molar-refractivity contribution < 1.29 is 10.3 Å². The van der Waals surface area contributed by atoms with Crippen molar-refractivity contribution in [2.24, 2.45) is 5.16 Å². The van der Waals surface area contributed by atoms with E-state index in [9.17, 15) is 5.11 Å². The number of aryl methyl sites for hydroxylation is 1. The first-order chi connectivity index (χ1) is 8.45. The predicted molar refractivity (Wildman–Crippen MR) is 79.9 cm³/mol. The topological polar surface area (TPSA) is 56.1 Å². The molecule has 0 radical (unpaired) electrons. The smallest absolute Gasteiger partial charge is 0.136 e. The molecular formula is C12H16N2O2S2. The van der Waals surface area contributed by atoms with Crippen LogP contribution in [0.4, 0.5) is 0 Å². The third-order valence-electron chi connectivity index (χ3n) is 2.28. The van der Waals surface area contributed by atoms with Crippen molar-refractivity contribution >= 4 is 34.0 Å². The van der Waals surface area contributed by atoms with Gasteiger partial charge in [-0.25, -0.2) is 0 Å². The average Bonchev–Trinajstić information content (AvgIpc) is 2.31. The van der Waals surface area contributed by atoms with Crippen molar-refractivity contribution in [2.45, 2.75) is 6.92 Å². The van der Waals surface area contributed by atoms with E-state index in [0.717, 1.165) is 5.56 Å². The highest BCUT2D eigenvalue weighted by molar-refractivity contribution is 8.23. The Morgan fingerprint density at radius 1 is 1.44 bits per heavy atom. The van der Waals surface area contributed by atoms with Gasteiger partial charge in [0.2, 0.25) is 0 Å². The highest BCUT2D eigenvalue weighted by Gasteiger charge is 2.12. The summed E-state index contributed by atoms with van der Waals surface area (Å²) in [7, 11) is 3.71. The second-order valence-electron chi connectivity index (χ2n) is 4.02. The van der Waals surface area contributed by atoms with Crippen LogP contribution in [-0.4, -0.2) is 45.1 Å². The second-order valence-corrected chi connectivity index (χ2v) is 5.63. The Morgan fingerprint density at radius 2 is 2.11 bits per heavy atom. The first-order valence-corrected chi connectivity index (χ1v) is 6.70. The molecule has 0 saturated heterocycles. The van der Waals surface area contributed by atoms with Gasteiger partial charge in [-0.05, 0) is 24.6 Å². The number of phenols is 1. The molecule has 1 aromatic carbocycles. The van der Waals surface area contributed by atoms with E-state index in [1.807, 2.05) is 32.0 Å². The molecule has 0 bridgehead atoms. The number of thioether (sulfide) groups is 1. The van der Waals surface area contributed by atoms with Crippen molar-refractivity contribution in [3.63, 3.8) is 0 Å². The van der Waals surface area contributed by atoms with Gasteiger partial charge in [0.15, 0.2) is 0 Å². The lowest BCUT2D eigenvalue weighted by atomic mass is 10.1. The van der Waals surface area contributed by atoms with Gasteiger partial charge in [-0.1, -0.05) is 35.2 Å². The largest absolute Gasteiger partial charge is 0.507 e. The molecule has 0 amide bonds. The number of nitrogens with zero attached hydrogens (tertiary/aromatic N) is 2. The Kier molecular flexibility index (Phi) is 5.43. The van der Waals surface area contributed by atoms with Gasteiger partial charge in [0.1, 0.15) is 15.8 Å². The fourth-order valence-electron chi connectivity index (χ4n) is 1.31. The van der Waals surface area contributed by atoms with Crippen LogP contribution in [0.15, 0.2) is 23.4 Å². The number of rotatable bonds is 3. The maximum absolute atomic E-state index is 9.82. The number of oxime groups is 1. The molecule has 98 valence electrons. The third kappa shape index (κ3) is 3.89. The van der Waals surface area contributed by atoms with Crippen molar-refractivity contribution in [1.29, 1.82) is 0 Å². The molecule has 0 unspecified atom stereocenters. The molecule has 1 aromatic rings. The summed E-state index contributed by atoms with van der Waals surface area (Å²) >= 11 is 6.52. The van der Waals surface area contributed by atoms with Crippen LogP contribution in [0.5, 0.6) is 5.75 Å². The molecule has 4 nitrogen and oxygen atoms in total. The van der Waals surface area contributed by atoms with E-state index in [1.54, 1.807) is 12.1 Å². The van der Waals surface area contributed by atoms with Gasteiger partial charge in [0.05, 0.1) is 0 Å². The molecule has 18 heavy (non-hydrogen) atoms. The van der Waals surface area contributed by atoms with Crippen molar-refractivity contribution in [3.8, 4) is 5.75 Å². The molecule has 0 spiro atoms. The fourth-order valence-corrected chi connectivity index (χ4v) is 2.21. The summed E-state index contributed by atoms with van der Waals surface area (Å²) in [5.41, 5.74) is 1.88. The number of benzene rings is 1. The predicted octanol–water partition coefficient (Wildman–Crippen LogP) is 2.46. The maximum atomic E-state index is 9.82. The van der Waals surface area contributed by atoms with E-state index in [1.165, 1.54) is 11.8 Å². The molecule has 0 aliphatic heterocycles. The quantitative estimate of drug-likeness (QED) is 0.386. The highest BCUT2D eigenvalue weighted by Crippen LogP contribution is 2.21. The van der Waals surface area contributed by atoms with Gasteiger partial charge >= 0.3 is 0 Å². The molecule has 0 fully saturated rings. The van der Waals surface area contributed by atoms with Crippen LogP contribution in [0.1, 0.15) is 11.1 Å². The van der Waals surface area contributed by atoms with Crippen LogP contribution in [0.2, 0.25) is 0 Å². The normalized spacial score (nSPS) is 11.4. The van der Waals surface area contributed by atoms with Crippen molar-refractivity contribution in [2.75, 3.05) is 19.8 Å². The Morgan fingerprint density at radius 3 is 2.61 bits per heavy atom. The summed E-state index contributed by atoms with van der Waals surface area (Å²) in [5.74, 6) is 0.517. The summed E-state index contributed by atoms with van der Waals surface area (Å²) in [6.07, 6.45) is 0. The lowest BCUT2D eigenvalue weighted by Crippen LogP contribution is -2.18.